The number of alkyl carbamates (subject to hydrolysis) is 1. The van der Waals surface area contributed by atoms with Crippen molar-refractivity contribution in [1.29, 1.82) is 0 Å². The van der Waals surface area contributed by atoms with Gasteiger partial charge in [0.2, 0.25) is 0 Å². The summed E-state index contributed by atoms with van der Waals surface area (Å²) in [5.41, 5.74) is -0.362. The van der Waals surface area contributed by atoms with Crippen molar-refractivity contribution in [2.75, 3.05) is 39.5 Å². The van der Waals surface area contributed by atoms with Crippen LogP contribution in [0.1, 0.15) is 26.2 Å². The molecule has 1 amide bonds. The van der Waals surface area contributed by atoms with Gasteiger partial charge in [0, 0.05) is 44.1 Å². The molecule has 4 aliphatic rings. The number of nitrogens with zero attached hydrogens (tertiary/aromatic N) is 1. The quantitative estimate of drug-likeness (QED) is 0.683. The predicted octanol–water partition coefficient (Wildman–Crippen LogP) is -0.131. The molecule has 0 saturated carbocycles. The highest BCUT2D eigenvalue weighted by Crippen LogP contribution is 2.35. The number of rotatable bonds is 3. The Morgan fingerprint density at radius 2 is 2.16 bits per heavy atom. The number of esters is 1. The molecule has 8 nitrogen and oxygen atoms in total. The standard InChI is InChI=1S/C17H27N3O5/c1-2-24-15(21)14-12-9-23-8-11(19-12)7-13(14)20-5-3-17(4-6-20)10-18-16(22)25-17/h11-14,19H,2-10H2,1H3,(H,18,22). The molecule has 0 aromatic rings. The number of ether oxygens (including phenoxy) is 3. The van der Waals surface area contributed by atoms with Crippen LogP contribution in [0.25, 0.3) is 0 Å². The molecule has 1 spiro atoms. The summed E-state index contributed by atoms with van der Waals surface area (Å²) in [5.74, 6) is -0.349. The van der Waals surface area contributed by atoms with Crippen molar-refractivity contribution in [2.24, 2.45) is 5.92 Å². The van der Waals surface area contributed by atoms with Gasteiger partial charge in [-0.15, -0.1) is 0 Å². The lowest BCUT2D eigenvalue weighted by Crippen LogP contribution is -2.67. The summed E-state index contributed by atoms with van der Waals surface area (Å²) in [7, 11) is 0. The molecule has 2 bridgehead atoms. The minimum Gasteiger partial charge on any atom is -0.466 e. The van der Waals surface area contributed by atoms with E-state index in [0.29, 0.717) is 26.4 Å². The third kappa shape index (κ3) is 3.22. The van der Waals surface area contributed by atoms with E-state index in [-0.39, 0.29) is 41.7 Å². The summed E-state index contributed by atoms with van der Waals surface area (Å²) in [6.45, 7) is 5.73. The lowest BCUT2D eigenvalue weighted by atomic mass is 9.79. The molecule has 4 atom stereocenters. The topological polar surface area (TPSA) is 89.1 Å². The van der Waals surface area contributed by atoms with E-state index in [2.05, 4.69) is 15.5 Å². The summed E-state index contributed by atoms with van der Waals surface area (Å²) < 4.78 is 16.5. The van der Waals surface area contributed by atoms with E-state index in [1.54, 1.807) is 0 Å². The van der Waals surface area contributed by atoms with Crippen molar-refractivity contribution < 1.29 is 23.8 Å². The van der Waals surface area contributed by atoms with E-state index in [9.17, 15) is 9.59 Å². The Bertz CT molecular complexity index is 534. The van der Waals surface area contributed by atoms with Crippen LogP contribution in [0.3, 0.4) is 0 Å². The Morgan fingerprint density at radius 1 is 1.36 bits per heavy atom. The van der Waals surface area contributed by atoms with Crippen LogP contribution >= 0.6 is 0 Å². The first kappa shape index (κ1) is 17.1. The van der Waals surface area contributed by atoms with E-state index in [1.807, 2.05) is 6.92 Å². The fraction of sp³-hybridized carbons (Fsp3) is 0.882. The Labute approximate surface area is 147 Å². The Balaban J connectivity index is 1.47. The number of fused-ring (bicyclic) bond motifs is 2. The van der Waals surface area contributed by atoms with Crippen molar-refractivity contribution in [1.82, 2.24) is 15.5 Å². The second kappa shape index (κ2) is 6.74. The largest absolute Gasteiger partial charge is 0.466 e. The molecule has 4 unspecified atom stereocenters. The summed E-state index contributed by atoms with van der Waals surface area (Å²) in [6, 6.07) is 0.455. The Kier molecular flexibility index (Phi) is 4.59. The van der Waals surface area contributed by atoms with Crippen molar-refractivity contribution in [3.8, 4) is 0 Å². The predicted molar refractivity (Wildman–Crippen MR) is 88.1 cm³/mol. The molecule has 140 valence electrons. The van der Waals surface area contributed by atoms with Crippen LogP contribution in [-0.2, 0) is 19.0 Å². The molecule has 0 aromatic heterocycles. The lowest BCUT2D eigenvalue weighted by Gasteiger charge is -2.50. The van der Waals surface area contributed by atoms with Gasteiger partial charge in [0.15, 0.2) is 0 Å². The molecule has 4 fully saturated rings. The van der Waals surface area contributed by atoms with Crippen molar-refractivity contribution in [3.63, 3.8) is 0 Å². The van der Waals surface area contributed by atoms with Gasteiger partial charge in [-0.3, -0.25) is 9.69 Å². The number of likely N-dealkylation sites (tertiary alicyclic amines) is 1. The number of nitrogens with one attached hydrogen (secondary N) is 2. The van der Waals surface area contributed by atoms with Gasteiger partial charge in [-0.1, -0.05) is 0 Å². The highest BCUT2D eigenvalue weighted by molar-refractivity contribution is 5.74. The Hall–Kier alpha value is -1.38. The zero-order valence-electron chi connectivity index (χ0n) is 14.7. The summed E-state index contributed by atoms with van der Waals surface area (Å²) in [4.78, 5) is 26.4. The fourth-order valence-electron chi connectivity index (χ4n) is 4.77. The van der Waals surface area contributed by atoms with Gasteiger partial charge in [0.05, 0.1) is 32.3 Å². The van der Waals surface area contributed by atoms with Crippen molar-refractivity contribution >= 4 is 12.1 Å². The molecule has 25 heavy (non-hydrogen) atoms. The summed E-state index contributed by atoms with van der Waals surface area (Å²) in [6.07, 6.45) is 2.17. The number of hydrogen-bond acceptors (Lipinski definition) is 7. The number of amides is 1. The first-order valence-corrected chi connectivity index (χ1v) is 9.31. The maximum absolute atomic E-state index is 12.6. The summed E-state index contributed by atoms with van der Waals surface area (Å²) in [5, 5.41) is 6.30. The Morgan fingerprint density at radius 3 is 2.84 bits per heavy atom. The minimum atomic E-state index is -0.362. The fourth-order valence-corrected chi connectivity index (χ4v) is 4.77. The van der Waals surface area contributed by atoms with Gasteiger partial charge in [-0.25, -0.2) is 4.79 Å². The second-order valence-corrected chi connectivity index (χ2v) is 7.55. The average molecular weight is 353 g/mol. The lowest BCUT2D eigenvalue weighted by molar-refractivity contribution is -0.159. The maximum Gasteiger partial charge on any atom is 0.407 e. The third-order valence-corrected chi connectivity index (χ3v) is 6.04. The van der Waals surface area contributed by atoms with Crippen LogP contribution < -0.4 is 10.6 Å². The molecule has 4 rings (SSSR count). The minimum absolute atomic E-state index is 0.0124. The third-order valence-electron chi connectivity index (χ3n) is 6.04. The van der Waals surface area contributed by atoms with Crippen molar-refractivity contribution in [3.05, 3.63) is 0 Å². The molecule has 0 radical (unpaired) electrons. The van der Waals surface area contributed by atoms with Crippen molar-refractivity contribution in [2.45, 2.75) is 49.9 Å². The second-order valence-electron chi connectivity index (χ2n) is 7.55. The molecule has 4 aliphatic heterocycles. The number of carbonyl (C=O) groups is 2. The molecule has 4 heterocycles. The molecule has 0 aliphatic carbocycles. The molecular formula is C17H27N3O5. The average Bonchev–Trinajstić information content (AvgIpc) is 2.96. The van der Waals surface area contributed by atoms with Crippen LogP contribution in [0.4, 0.5) is 4.79 Å². The normalized spacial score (nSPS) is 37.4. The van der Waals surface area contributed by atoms with E-state index < -0.39 is 0 Å². The van der Waals surface area contributed by atoms with Gasteiger partial charge < -0.3 is 24.8 Å². The molecule has 0 aromatic carbocycles. The van der Waals surface area contributed by atoms with Crippen LogP contribution in [0, 0.1) is 5.92 Å². The van der Waals surface area contributed by atoms with E-state index in [4.69, 9.17) is 14.2 Å². The van der Waals surface area contributed by atoms with Gasteiger partial charge >= 0.3 is 12.1 Å². The number of morpholine rings is 1. The van der Waals surface area contributed by atoms with E-state index >= 15 is 0 Å². The zero-order valence-corrected chi connectivity index (χ0v) is 14.7. The molecule has 8 heteroatoms. The van der Waals surface area contributed by atoms with Gasteiger partial charge in [0.25, 0.3) is 0 Å². The highest BCUT2D eigenvalue weighted by atomic mass is 16.6. The van der Waals surface area contributed by atoms with Crippen LogP contribution in [0.15, 0.2) is 0 Å². The number of piperidine rings is 2. The molecular weight excluding hydrogens is 326 g/mol. The van der Waals surface area contributed by atoms with Gasteiger partial charge in [-0.05, 0) is 13.3 Å². The number of carbonyl (C=O) groups excluding carboxylic acids is 2. The van der Waals surface area contributed by atoms with Crippen LogP contribution in [0.5, 0.6) is 0 Å². The van der Waals surface area contributed by atoms with Crippen LogP contribution in [-0.4, -0.2) is 80.1 Å². The van der Waals surface area contributed by atoms with Gasteiger partial charge in [0.1, 0.15) is 5.60 Å². The highest BCUT2D eigenvalue weighted by Gasteiger charge is 2.50. The van der Waals surface area contributed by atoms with E-state index in [1.165, 1.54) is 0 Å². The number of hydrogen-bond donors (Lipinski definition) is 2. The summed E-state index contributed by atoms with van der Waals surface area (Å²) >= 11 is 0. The van der Waals surface area contributed by atoms with E-state index in [0.717, 1.165) is 32.4 Å². The maximum atomic E-state index is 12.6. The zero-order chi connectivity index (χ0) is 17.4. The first-order chi connectivity index (χ1) is 12.1. The molecule has 4 saturated heterocycles. The van der Waals surface area contributed by atoms with Gasteiger partial charge in [-0.2, -0.15) is 0 Å². The molecule has 2 N–H and O–H groups in total. The first-order valence-electron chi connectivity index (χ1n) is 9.31. The monoisotopic (exact) mass is 353 g/mol. The van der Waals surface area contributed by atoms with Crippen LogP contribution in [0.2, 0.25) is 0 Å². The smallest absolute Gasteiger partial charge is 0.407 e. The SMILES string of the molecule is CCOC(=O)C1C2COCC(CC1N1CCC3(CC1)CNC(=O)O3)N2.